The van der Waals surface area contributed by atoms with Crippen molar-refractivity contribution < 1.29 is 17.9 Å². The van der Waals surface area contributed by atoms with Gasteiger partial charge < -0.3 is 4.74 Å². The summed E-state index contributed by atoms with van der Waals surface area (Å²) in [6.45, 7) is 0.555. The third kappa shape index (κ3) is 2.79. The lowest BCUT2D eigenvalue weighted by molar-refractivity contribution is 0.0899. The van der Waals surface area contributed by atoms with Gasteiger partial charge in [-0.1, -0.05) is 0 Å². The first-order chi connectivity index (χ1) is 8.48. The van der Waals surface area contributed by atoms with Crippen LogP contribution in [0.15, 0.2) is 41.0 Å². The third-order valence-corrected chi connectivity index (χ3v) is 3.83. The number of hydrogen-bond acceptors (Lipinski definition) is 4. The monoisotopic (exact) mass is 266 g/mol. The lowest BCUT2D eigenvalue weighted by Crippen LogP contribution is -2.11. The number of benzene rings is 1. The minimum Gasteiger partial charge on any atom is -0.490 e. The van der Waals surface area contributed by atoms with Crippen LogP contribution < -0.4 is 0 Å². The van der Waals surface area contributed by atoms with Crippen molar-refractivity contribution in [3.63, 3.8) is 0 Å². The Morgan fingerprint density at radius 1 is 1.22 bits per heavy atom. The fraction of sp³-hybridized carbons (Fsp3) is 0.308. The Labute approximate surface area is 106 Å². The first kappa shape index (κ1) is 12.8. The number of carbonyl (C=O) groups is 1. The molecule has 5 heteroatoms. The van der Waals surface area contributed by atoms with Crippen LogP contribution in [0.2, 0.25) is 0 Å². The number of allylic oxidation sites excluding steroid dienone is 2. The molecule has 0 radical (unpaired) electrons. The van der Waals surface area contributed by atoms with E-state index in [0.29, 0.717) is 17.9 Å². The summed E-state index contributed by atoms with van der Waals surface area (Å²) in [5.41, 5.74) is 0.440. The molecule has 1 aromatic carbocycles. The third-order valence-electron chi connectivity index (χ3n) is 2.70. The minimum atomic E-state index is -3.23. The largest absolute Gasteiger partial charge is 0.490 e. The molecule has 18 heavy (non-hydrogen) atoms. The van der Waals surface area contributed by atoms with Crippen molar-refractivity contribution in [1.82, 2.24) is 0 Å². The van der Waals surface area contributed by atoms with Crippen molar-refractivity contribution in [2.75, 3.05) is 12.9 Å². The summed E-state index contributed by atoms with van der Waals surface area (Å²) in [6, 6.07) is 5.90. The van der Waals surface area contributed by atoms with Gasteiger partial charge in [0.15, 0.2) is 15.6 Å². The Morgan fingerprint density at radius 2 is 1.89 bits per heavy atom. The maximum absolute atomic E-state index is 12.0. The van der Waals surface area contributed by atoms with Crippen LogP contribution in [0.4, 0.5) is 0 Å². The summed E-state index contributed by atoms with van der Waals surface area (Å²) >= 11 is 0. The molecular weight excluding hydrogens is 252 g/mol. The fourth-order valence-electron chi connectivity index (χ4n) is 1.71. The van der Waals surface area contributed by atoms with Crippen LogP contribution >= 0.6 is 0 Å². The molecule has 0 N–H and O–H groups in total. The summed E-state index contributed by atoms with van der Waals surface area (Å²) in [5, 5.41) is 0. The van der Waals surface area contributed by atoms with Gasteiger partial charge in [-0.15, -0.1) is 0 Å². The second-order valence-corrected chi connectivity index (χ2v) is 6.20. The van der Waals surface area contributed by atoms with Crippen molar-refractivity contribution in [3.8, 4) is 0 Å². The topological polar surface area (TPSA) is 60.4 Å². The number of ketones is 1. The summed E-state index contributed by atoms with van der Waals surface area (Å²) in [7, 11) is -3.23. The molecule has 1 heterocycles. The molecular formula is C13H14O4S. The van der Waals surface area contributed by atoms with E-state index >= 15 is 0 Å². The van der Waals surface area contributed by atoms with Gasteiger partial charge in [-0.3, -0.25) is 4.79 Å². The van der Waals surface area contributed by atoms with Gasteiger partial charge in [-0.25, -0.2) is 8.42 Å². The molecule has 0 atom stereocenters. The Bertz CT molecular complexity index is 582. The first-order valence-corrected chi connectivity index (χ1v) is 7.55. The number of Topliss-reactive ketones (excluding diaryl/α,β-unsaturated/α-hetero) is 1. The van der Waals surface area contributed by atoms with Gasteiger partial charge in [0.1, 0.15) is 0 Å². The zero-order chi connectivity index (χ0) is 13.2. The first-order valence-electron chi connectivity index (χ1n) is 5.66. The Hall–Kier alpha value is -1.62. The molecule has 1 aliphatic rings. The standard InChI is InChI=1S/C13H14O4S/c1-18(15,16)11-7-5-10(6-8-11)13(14)12-4-2-3-9-17-12/h4-8H,2-3,9H2,1H3. The number of carbonyl (C=O) groups excluding carboxylic acids is 1. The molecule has 4 nitrogen and oxygen atoms in total. The van der Waals surface area contributed by atoms with Gasteiger partial charge in [-0.05, 0) is 43.2 Å². The van der Waals surface area contributed by atoms with Gasteiger partial charge in [-0.2, -0.15) is 0 Å². The fourth-order valence-corrected chi connectivity index (χ4v) is 2.34. The van der Waals surface area contributed by atoms with E-state index in [9.17, 15) is 13.2 Å². The van der Waals surface area contributed by atoms with Crippen molar-refractivity contribution >= 4 is 15.6 Å². The van der Waals surface area contributed by atoms with E-state index in [2.05, 4.69) is 0 Å². The van der Waals surface area contributed by atoms with Gasteiger partial charge in [0, 0.05) is 11.8 Å². The maximum Gasteiger partial charge on any atom is 0.227 e. The van der Waals surface area contributed by atoms with Crippen LogP contribution in [0.1, 0.15) is 23.2 Å². The van der Waals surface area contributed by atoms with E-state index in [1.807, 2.05) is 0 Å². The average molecular weight is 266 g/mol. The van der Waals surface area contributed by atoms with Crippen molar-refractivity contribution in [1.29, 1.82) is 0 Å². The van der Waals surface area contributed by atoms with E-state index in [4.69, 9.17) is 4.74 Å². The van der Waals surface area contributed by atoms with Crippen LogP contribution in [-0.2, 0) is 14.6 Å². The molecule has 1 aliphatic heterocycles. The van der Waals surface area contributed by atoms with Crippen LogP contribution in [0.3, 0.4) is 0 Å². The normalized spacial score (nSPS) is 15.7. The van der Waals surface area contributed by atoms with E-state index in [1.165, 1.54) is 24.3 Å². The molecule has 0 saturated carbocycles. The molecule has 0 aliphatic carbocycles. The maximum atomic E-state index is 12.0. The second kappa shape index (κ2) is 4.94. The van der Waals surface area contributed by atoms with Crippen molar-refractivity contribution in [2.24, 2.45) is 0 Å². The van der Waals surface area contributed by atoms with Crippen molar-refractivity contribution in [3.05, 3.63) is 41.7 Å². The van der Waals surface area contributed by atoms with Gasteiger partial charge >= 0.3 is 0 Å². The number of hydrogen-bond donors (Lipinski definition) is 0. The predicted molar refractivity (Wildman–Crippen MR) is 67.2 cm³/mol. The molecule has 0 aromatic heterocycles. The van der Waals surface area contributed by atoms with Gasteiger partial charge in [0.2, 0.25) is 5.78 Å². The van der Waals surface area contributed by atoms with E-state index < -0.39 is 9.84 Å². The average Bonchev–Trinajstić information content (AvgIpc) is 2.38. The molecule has 2 rings (SSSR count). The smallest absolute Gasteiger partial charge is 0.227 e. The SMILES string of the molecule is CS(=O)(=O)c1ccc(C(=O)C2=CCCCO2)cc1. The summed E-state index contributed by atoms with van der Waals surface area (Å²) in [4.78, 5) is 12.2. The molecule has 0 saturated heterocycles. The highest BCUT2D eigenvalue weighted by Gasteiger charge is 2.16. The van der Waals surface area contributed by atoms with Crippen LogP contribution in [0, 0.1) is 0 Å². The highest BCUT2D eigenvalue weighted by atomic mass is 32.2. The Balaban J connectivity index is 2.24. The Kier molecular flexibility index (Phi) is 3.52. The quantitative estimate of drug-likeness (QED) is 0.785. The van der Waals surface area contributed by atoms with Crippen molar-refractivity contribution in [2.45, 2.75) is 17.7 Å². The Morgan fingerprint density at radius 3 is 2.39 bits per heavy atom. The van der Waals surface area contributed by atoms with E-state index in [-0.39, 0.29) is 10.7 Å². The number of sulfone groups is 1. The molecule has 0 bridgehead atoms. The predicted octanol–water partition coefficient (Wildman–Crippen LogP) is 1.97. The molecule has 0 amide bonds. The van der Waals surface area contributed by atoms with Gasteiger partial charge in [0.05, 0.1) is 11.5 Å². The molecule has 0 fully saturated rings. The van der Waals surface area contributed by atoms with Crippen LogP contribution in [0.25, 0.3) is 0 Å². The molecule has 0 unspecified atom stereocenters. The molecule has 96 valence electrons. The van der Waals surface area contributed by atoms with E-state index in [0.717, 1.165) is 19.1 Å². The second-order valence-electron chi connectivity index (χ2n) is 4.18. The van der Waals surface area contributed by atoms with Crippen LogP contribution in [-0.4, -0.2) is 27.1 Å². The highest BCUT2D eigenvalue weighted by molar-refractivity contribution is 7.90. The summed E-state index contributed by atoms with van der Waals surface area (Å²) in [5.74, 6) is 0.156. The van der Waals surface area contributed by atoms with E-state index in [1.54, 1.807) is 6.08 Å². The molecule has 0 spiro atoms. The molecule has 1 aromatic rings. The number of ether oxygens (including phenoxy) is 1. The van der Waals surface area contributed by atoms with Gasteiger partial charge in [0.25, 0.3) is 0 Å². The number of rotatable bonds is 3. The zero-order valence-electron chi connectivity index (χ0n) is 10.0. The minimum absolute atomic E-state index is 0.199. The lowest BCUT2D eigenvalue weighted by Gasteiger charge is -2.13. The highest BCUT2D eigenvalue weighted by Crippen LogP contribution is 2.17. The lowest BCUT2D eigenvalue weighted by atomic mass is 10.1. The van der Waals surface area contributed by atoms with Crippen LogP contribution in [0.5, 0.6) is 0 Å². The summed E-state index contributed by atoms with van der Waals surface area (Å²) < 4.78 is 27.9. The zero-order valence-corrected chi connectivity index (χ0v) is 10.9. The summed E-state index contributed by atoms with van der Waals surface area (Å²) in [6.07, 6.45) is 4.67.